The third-order valence-corrected chi connectivity index (χ3v) is 2.41. The van der Waals surface area contributed by atoms with Gasteiger partial charge in [-0.15, -0.1) is 10.2 Å². The van der Waals surface area contributed by atoms with Gasteiger partial charge in [-0.05, 0) is 12.1 Å². The van der Waals surface area contributed by atoms with Gasteiger partial charge in [-0.3, -0.25) is 4.79 Å². The van der Waals surface area contributed by atoms with Gasteiger partial charge in [0, 0.05) is 7.05 Å². The van der Waals surface area contributed by atoms with Gasteiger partial charge < -0.3 is 9.88 Å². The molecule has 0 atom stereocenters. The fraction of sp³-hybridized carbons (Fsp3) is 0.182. The molecule has 0 aliphatic carbocycles. The highest BCUT2D eigenvalue weighted by Gasteiger charge is 2.15. The fourth-order valence-electron chi connectivity index (χ4n) is 1.40. The molecule has 2 rings (SSSR count). The zero-order valence-corrected chi connectivity index (χ0v) is 9.52. The number of amides is 1. The molecule has 5 nitrogen and oxygen atoms in total. The molecule has 0 unspecified atom stereocenters. The highest BCUT2D eigenvalue weighted by atomic mass is 19.2. The molecule has 0 fully saturated rings. The van der Waals surface area contributed by atoms with E-state index in [9.17, 15) is 13.6 Å². The Kier molecular flexibility index (Phi) is 3.31. The van der Waals surface area contributed by atoms with Gasteiger partial charge in [0.2, 0.25) is 0 Å². The SMILES string of the molecule is Cn1cnnc1CNC(=O)c1cccc(F)c1F. The van der Waals surface area contributed by atoms with Gasteiger partial charge in [-0.1, -0.05) is 6.07 Å². The second kappa shape index (κ2) is 4.91. The molecule has 94 valence electrons. The largest absolute Gasteiger partial charge is 0.345 e. The van der Waals surface area contributed by atoms with E-state index >= 15 is 0 Å². The highest BCUT2D eigenvalue weighted by molar-refractivity contribution is 5.94. The van der Waals surface area contributed by atoms with Gasteiger partial charge in [0.25, 0.3) is 5.91 Å². The number of carbonyl (C=O) groups excluding carboxylic acids is 1. The van der Waals surface area contributed by atoms with Gasteiger partial charge in [0.15, 0.2) is 17.5 Å². The van der Waals surface area contributed by atoms with Gasteiger partial charge >= 0.3 is 0 Å². The summed E-state index contributed by atoms with van der Waals surface area (Å²) in [4.78, 5) is 11.6. The first kappa shape index (κ1) is 12.2. The van der Waals surface area contributed by atoms with Crippen LogP contribution in [0, 0.1) is 11.6 Å². The lowest BCUT2D eigenvalue weighted by molar-refractivity contribution is 0.0944. The van der Waals surface area contributed by atoms with Crippen LogP contribution < -0.4 is 5.32 Å². The summed E-state index contributed by atoms with van der Waals surface area (Å²) in [6.07, 6.45) is 1.48. The van der Waals surface area contributed by atoms with Crippen molar-refractivity contribution in [2.45, 2.75) is 6.54 Å². The van der Waals surface area contributed by atoms with Crippen molar-refractivity contribution >= 4 is 5.91 Å². The van der Waals surface area contributed by atoms with Crippen LogP contribution in [0.4, 0.5) is 8.78 Å². The molecule has 1 amide bonds. The number of nitrogens with one attached hydrogen (secondary N) is 1. The standard InChI is InChI=1S/C11H10F2N4O/c1-17-6-15-16-9(17)5-14-11(18)7-3-2-4-8(12)10(7)13/h2-4,6H,5H2,1H3,(H,14,18). The minimum Gasteiger partial charge on any atom is -0.345 e. The van der Waals surface area contributed by atoms with E-state index in [2.05, 4.69) is 15.5 Å². The van der Waals surface area contributed by atoms with Crippen molar-refractivity contribution in [2.75, 3.05) is 0 Å². The summed E-state index contributed by atoms with van der Waals surface area (Å²) in [5.41, 5.74) is -0.336. The second-order valence-corrected chi connectivity index (χ2v) is 3.64. The van der Waals surface area contributed by atoms with Crippen LogP contribution in [0.5, 0.6) is 0 Å². The van der Waals surface area contributed by atoms with Crippen molar-refractivity contribution in [3.05, 3.63) is 47.5 Å². The lowest BCUT2D eigenvalue weighted by Gasteiger charge is -2.05. The smallest absolute Gasteiger partial charge is 0.254 e. The summed E-state index contributed by atoms with van der Waals surface area (Å²) in [6, 6.07) is 3.44. The van der Waals surface area contributed by atoms with E-state index in [0.717, 1.165) is 6.07 Å². The molecule has 0 radical (unpaired) electrons. The molecule has 0 aliphatic heterocycles. The zero-order valence-electron chi connectivity index (χ0n) is 9.52. The van der Waals surface area contributed by atoms with Crippen molar-refractivity contribution in [3.8, 4) is 0 Å². The highest BCUT2D eigenvalue weighted by Crippen LogP contribution is 2.11. The number of benzene rings is 1. The Bertz CT molecular complexity index is 582. The predicted molar refractivity (Wildman–Crippen MR) is 58.5 cm³/mol. The monoisotopic (exact) mass is 252 g/mol. The summed E-state index contributed by atoms with van der Waals surface area (Å²) < 4.78 is 27.9. The van der Waals surface area contributed by atoms with E-state index in [0.29, 0.717) is 5.82 Å². The number of hydrogen-bond acceptors (Lipinski definition) is 3. The normalized spacial score (nSPS) is 10.4. The fourth-order valence-corrected chi connectivity index (χ4v) is 1.40. The molecule has 1 aromatic heterocycles. The topological polar surface area (TPSA) is 59.8 Å². The van der Waals surface area contributed by atoms with E-state index < -0.39 is 17.5 Å². The van der Waals surface area contributed by atoms with Crippen LogP contribution >= 0.6 is 0 Å². The lowest BCUT2D eigenvalue weighted by Crippen LogP contribution is -2.25. The van der Waals surface area contributed by atoms with Gasteiger partial charge in [-0.2, -0.15) is 0 Å². The Morgan fingerprint density at radius 2 is 2.22 bits per heavy atom. The maximum atomic E-state index is 13.3. The van der Waals surface area contributed by atoms with Crippen LogP contribution in [0.15, 0.2) is 24.5 Å². The lowest BCUT2D eigenvalue weighted by atomic mass is 10.2. The van der Waals surface area contributed by atoms with E-state index in [1.165, 1.54) is 18.5 Å². The quantitative estimate of drug-likeness (QED) is 0.887. The molecule has 1 aromatic carbocycles. The van der Waals surface area contributed by atoms with Crippen LogP contribution in [0.25, 0.3) is 0 Å². The molecule has 1 N–H and O–H groups in total. The first-order valence-electron chi connectivity index (χ1n) is 5.14. The number of halogens is 2. The number of carbonyl (C=O) groups is 1. The molecule has 0 bridgehead atoms. The Balaban J connectivity index is 2.09. The zero-order chi connectivity index (χ0) is 13.1. The molecular weight excluding hydrogens is 242 g/mol. The van der Waals surface area contributed by atoms with Crippen molar-refractivity contribution < 1.29 is 13.6 Å². The molecule has 18 heavy (non-hydrogen) atoms. The Morgan fingerprint density at radius 3 is 2.89 bits per heavy atom. The molecule has 0 saturated carbocycles. The average molecular weight is 252 g/mol. The van der Waals surface area contributed by atoms with Crippen LogP contribution in [-0.4, -0.2) is 20.7 Å². The molecule has 1 heterocycles. The van der Waals surface area contributed by atoms with Gasteiger partial charge in [0.05, 0.1) is 12.1 Å². The first-order valence-corrected chi connectivity index (χ1v) is 5.14. The van der Waals surface area contributed by atoms with Crippen molar-refractivity contribution in [3.63, 3.8) is 0 Å². The summed E-state index contributed by atoms with van der Waals surface area (Å²) in [5.74, 6) is -2.40. The minimum atomic E-state index is -1.16. The molecule has 7 heteroatoms. The third-order valence-electron chi connectivity index (χ3n) is 2.41. The van der Waals surface area contributed by atoms with Gasteiger partial charge in [-0.25, -0.2) is 8.78 Å². The number of rotatable bonds is 3. The Labute approximate surface area is 101 Å². The maximum absolute atomic E-state index is 13.3. The number of nitrogens with zero attached hydrogens (tertiary/aromatic N) is 3. The van der Waals surface area contributed by atoms with Gasteiger partial charge in [0.1, 0.15) is 6.33 Å². The van der Waals surface area contributed by atoms with E-state index in [-0.39, 0.29) is 12.1 Å². The molecule has 0 aliphatic rings. The number of aromatic nitrogens is 3. The van der Waals surface area contributed by atoms with Crippen molar-refractivity contribution in [1.82, 2.24) is 20.1 Å². The second-order valence-electron chi connectivity index (χ2n) is 3.64. The minimum absolute atomic E-state index is 0.0886. The Hall–Kier alpha value is -2.31. The molecule has 0 spiro atoms. The van der Waals surface area contributed by atoms with Crippen LogP contribution in [0.3, 0.4) is 0 Å². The average Bonchev–Trinajstić information content (AvgIpc) is 2.75. The summed E-state index contributed by atoms with van der Waals surface area (Å²) in [6.45, 7) is 0.0886. The summed E-state index contributed by atoms with van der Waals surface area (Å²) in [7, 11) is 1.71. The van der Waals surface area contributed by atoms with E-state index in [4.69, 9.17) is 0 Å². The predicted octanol–water partition coefficient (Wildman–Crippen LogP) is 1.02. The number of aryl methyl sites for hydroxylation is 1. The van der Waals surface area contributed by atoms with E-state index in [1.54, 1.807) is 11.6 Å². The molecular formula is C11H10F2N4O. The summed E-state index contributed by atoms with van der Waals surface area (Å²) >= 11 is 0. The molecule has 0 saturated heterocycles. The third kappa shape index (κ3) is 2.34. The Morgan fingerprint density at radius 1 is 1.44 bits per heavy atom. The van der Waals surface area contributed by atoms with Crippen molar-refractivity contribution in [2.24, 2.45) is 7.05 Å². The van der Waals surface area contributed by atoms with Crippen LogP contribution in [0.2, 0.25) is 0 Å². The molecule has 2 aromatic rings. The number of hydrogen-bond donors (Lipinski definition) is 1. The van der Waals surface area contributed by atoms with Crippen LogP contribution in [0.1, 0.15) is 16.2 Å². The first-order chi connectivity index (χ1) is 8.59. The van der Waals surface area contributed by atoms with Crippen LogP contribution in [-0.2, 0) is 13.6 Å². The van der Waals surface area contributed by atoms with Crippen molar-refractivity contribution in [1.29, 1.82) is 0 Å². The summed E-state index contributed by atoms with van der Waals surface area (Å²) in [5, 5.41) is 9.82. The maximum Gasteiger partial charge on any atom is 0.254 e. The van der Waals surface area contributed by atoms with E-state index in [1.807, 2.05) is 0 Å².